The Bertz CT molecular complexity index is 1310. The number of hydrogen-bond donors (Lipinski definition) is 1. The molecular formula is C23H22ClN5O3. The molecule has 164 valence electrons. The molecule has 1 N–H and O–H groups in total. The van der Waals surface area contributed by atoms with Crippen molar-refractivity contribution in [2.24, 2.45) is 0 Å². The van der Waals surface area contributed by atoms with Gasteiger partial charge in [0.15, 0.2) is 12.3 Å². The zero-order valence-electron chi connectivity index (χ0n) is 17.5. The number of carbonyl (C=O) groups excluding carboxylic acids is 1. The third-order valence-electron chi connectivity index (χ3n) is 4.96. The van der Waals surface area contributed by atoms with E-state index in [9.17, 15) is 9.59 Å². The van der Waals surface area contributed by atoms with Gasteiger partial charge >= 0.3 is 0 Å². The lowest BCUT2D eigenvalue weighted by Gasteiger charge is -2.10. The molecule has 0 spiro atoms. The number of carbonyl (C=O) groups is 1. The van der Waals surface area contributed by atoms with Crippen LogP contribution in [0.25, 0.3) is 11.0 Å². The summed E-state index contributed by atoms with van der Waals surface area (Å²) in [4.78, 5) is 29.3. The maximum Gasteiger partial charge on any atom is 0.264 e. The first-order valence-corrected chi connectivity index (χ1v) is 10.5. The lowest BCUT2D eigenvalue weighted by Crippen LogP contribution is -2.32. The van der Waals surface area contributed by atoms with Gasteiger partial charge in [-0.05, 0) is 36.2 Å². The summed E-state index contributed by atoms with van der Waals surface area (Å²) in [5, 5.41) is 8.08. The Morgan fingerprint density at radius 3 is 2.84 bits per heavy atom. The Morgan fingerprint density at radius 1 is 1.19 bits per heavy atom. The van der Waals surface area contributed by atoms with E-state index in [0.29, 0.717) is 41.4 Å². The molecule has 8 nitrogen and oxygen atoms in total. The van der Waals surface area contributed by atoms with Crippen LogP contribution in [0.1, 0.15) is 11.1 Å². The van der Waals surface area contributed by atoms with Crippen LogP contribution in [0.5, 0.6) is 5.75 Å². The number of fused-ring (bicyclic) bond motifs is 1. The number of nitrogens with one attached hydrogen (secondary N) is 1. The summed E-state index contributed by atoms with van der Waals surface area (Å²) >= 11 is 6.02. The summed E-state index contributed by atoms with van der Waals surface area (Å²) in [6, 6.07) is 14.9. The molecule has 9 heteroatoms. The van der Waals surface area contributed by atoms with Gasteiger partial charge in [-0.3, -0.25) is 14.2 Å². The van der Waals surface area contributed by atoms with Gasteiger partial charge in [-0.25, -0.2) is 9.67 Å². The Morgan fingerprint density at radius 2 is 2.03 bits per heavy atom. The lowest BCUT2D eigenvalue weighted by atomic mass is 10.2. The zero-order valence-corrected chi connectivity index (χ0v) is 18.2. The van der Waals surface area contributed by atoms with E-state index in [-0.39, 0.29) is 18.1 Å². The van der Waals surface area contributed by atoms with Crippen LogP contribution in [0.3, 0.4) is 0 Å². The number of nitrogens with zero attached hydrogens (tertiary/aromatic N) is 4. The van der Waals surface area contributed by atoms with E-state index in [0.717, 1.165) is 11.1 Å². The topological polar surface area (TPSA) is 91.0 Å². The van der Waals surface area contributed by atoms with Crippen molar-refractivity contribution in [2.75, 3.05) is 13.2 Å². The van der Waals surface area contributed by atoms with Crippen molar-refractivity contribution in [2.45, 2.75) is 20.0 Å². The number of aromatic nitrogens is 4. The summed E-state index contributed by atoms with van der Waals surface area (Å²) in [6.45, 7) is 2.93. The van der Waals surface area contributed by atoms with E-state index >= 15 is 0 Å². The number of aryl methyl sites for hydroxylation is 1. The minimum Gasteiger partial charge on any atom is -0.484 e. The van der Waals surface area contributed by atoms with Gasteiger partial charge in [-0.2, -0.15) is 5.10 Å². The highest BCUT2D eigenvalue weighted by Crippen LogP contribution is 2.16. The third kappa shape index (κ3) is 4.97. The molecule has 4 aromatic rings. The number of rotatable bonds is 8. The molecule has 0 unspecified atom stereocenters. The maximum absolute atomic E-state index is 12.8. The van der Waals surface area contributed by atoms with Gasteiger partial charge in [-0.1, -0.05) is 41.9 Å². The van der Waals surface area contributed by atoms with Crippen molar-refractivity contribution in [3.8, 4) is 5.75 Å². The summed E-state index contributed by atoms with van der Waals surface area (Å²) in [7, 11) is 0. The van der Waals surface area contributed by atoms with Crippen LogP contribution >= 0.6 is 11.6 Å². The van der Waals surface area contributed by atoms with Crippen molar-refractivity contribution in [1.82, 2.24) is 24.6 Å². The second-order valence-electron chi connectivity index (χ2n) is 7.32. The van der Waals surface area contributed by atoms with E-state index in [4.69, 9.17) is 16.3 Å². The number of para-hydroxylation sites is 1. The van der Waals surface area contributed by atoms with Crippen molar-refractivity contribution in [3.05, 3.63) is 87.6 Å². The first-order valence-electron chi connectivity index (χ1n) is 10.1. The summed E-state index contributed by atoms with van der Waals surface area (Å²) < 4.78 is 8.66. The first-order chi connectivity index (χ1) is 15.5. The van der Waals surface area contributed by atoms with E-state index < -0.39 is 0 Å². The van der Waals surface area contributed by atoms with Crippen molar-refractivity contribution >= 4 is 28.5 Å². The fourth-order valence-corrected chi connectivity index (χ4v) is 3.53. The molecule has 0 aliphatic carbocycles. The van der Waals surface area contributed by atoms with E-state index in [1.165, 1.54) is 17.1 Å². The quantitative estimate of drug-likeness (QED) is 0.445. The molecule has 0 saturated heterocycles. The van der Waals surface area contributed by atoms with Gasteiger partial charge in [0, 0.05) is 11.6 Å². The van der Waals surface area contributed by atoms with Crippen LogP contribution < -0.4 is 15.6 Å². The highest BCUT2D eigenvalue weighted by molar-refractivity contribution is 6.30. The number of hydrogen-bond acceptors (Lipinski definition) is 5. The normalized spacial score (nSPS) is 10.9. The molecule has 0 saturated carbocycles. The Hall–Kier alpha value is -3.65. The van der Waals surface area contributed by atoms with Crippen LogP contribution in [0.4, 0.5) is 0 Å². The van der Waals surface area contributed by atoms with Crippen LogP contribution in [0, 0.1) is 6.92 Å². The molecule has 0 aliphatic heterocycles. The monoisotopic (exact) mass is 451 g/mol. The predicted octanol–water partition coefficient (Wildman–Crippen LogP) is 2.80. The zero-order chi connectivity index (χ0) is 22.5. The van der Waals surface area contributed by atoms with Crippen molar-refractivity contribution in [3.63, 3.8) is 0 Å². The van der Waals surface area contributed by atoms with Gasteiger partial charge in [0.1, 0.15) is 17.5 Å². The second kappa shape index (κ2) is 9.65. The minimum absolute atomic E-state index is 0.0723. The third-order valence-corrected chi connectivity index (χ3v) is 5.20. The van der Waals surface area contributed by atoms with Crippen LogP contribution in [0.15, 0.2) is 65.8 Å². The fraction of sp³-hybridized carbons (Fsp3) is 0.217. The van der Waals surface area contributed by atoms with Gasteiger partial charge in [0.25, 0.3) is 11.5 Å². The van der Waals surface area contributed by atoms with Crippen LogP contribution in [-0.2, 0) is 17.9 Å². The van der Waals surface area contributed by atoms with E-state index in [1.807, 2.05) is 49.4 Å². The molecule has 2 heterocycles. The molecule has 0 radical (unpaired) electrons. The molecule has 0 atom stereocenters. The number of halogens is 1. The molecule has 2 aromatic heterocycles. The number of amides is 1. The standard InChI is InChI=1S/C23H22ClN5O3/c1-16-5-2-3-8-20(16)32-14-21(30)25-9-10-29-22-19(12-27-29)23(31)28(15-26-22)13-17-6-4-7-18(24)11-17/h2-8,11-12,15H,9-10,13-14H2,1H3,(H,25,30). The average molecular weight is 452 g/mol. The van der Waals surface area contributed by atoms with E-state index in [2.05, 4.69) is 15.4 Å². The Balaban J connectivity index is 1.36. The van der Waals surface area contributed by atoms with Crippen molar-refractivity contribution < 1.29 is 9.53 Å². The van der Waals surface area contributed by atoms with Gasteiger partial charge < -0.3 is 10.1 Å². The van der Waals surface area contributed by atoms with Gasteiger partial charge in [0.2, 0.25) is 0 Å². The molecule has 1 amide bonds. The molecule has 0 bridgehead atoms. The summed E-state index contributed by atoms with van der Waals surface area (Å²) in [6.07, 6.45) is 3.00. The van der Waals surface area contributed by atoms with Crippen molar-refractivity contribution in [1.29, 1.82) is 0 Å². The van der Waals surface area contributed by atoms with E-state index in [1.54, 1.807) is 10.7 Å². The first kappa shape index (κ1) is 21.6. The average Bonchev–Trinajstić information content (AvgIpc) is 3.19. The fourth-order valence-electron chi connectivity index (χ4n) is 3.32. The Kier molecular flexibility index (Phi) is 6.51. The van der Waals surface area contributed by atoms with Gasteiger partial charge in [0.05, 0.1) is 19.3 Å². The smallest absolute Gasteiger partial charge is 0.264 e. The molecule has 0 fully saturated rings. The lowest BCUT2D eigenvalue weighted by molar-refractivity contribution is -0.123. The number of benzene rings is 2. The molecule has 0 aliphatic rings. The maximum atomic E-state index is 12.8. The van der Waals surface area contributed by atoms with Gasteiger partial charge in [-0.15, -0.1) is 0 Å². The minimum atomic E-state index is -0.235. The summed E-state index contributed by atoms with van der Waals surface area (Å²) in [5.74, 6) is 0.445. The molecule has 4 rings (SSSR count). The molecule has 32 heavy (non-hydrogen) atoms. The molecular weight excluding hydrogens is 430 g/mol. The predicted molar refractivity (Wildman–Crippen MR) is 122 cm³/mol. The molecule has 2 aromatic carbocycles. The van der Waals surface area contributed by atoms with Crippen LogP contribution in [-0.4, -0.2) is 38.4 Å². The SMILES string of the molecule is Cc1ccccc1OCC(=O)NCCn1ncc2c(=O)n(Cc3cccc(Cl)c3)cnc21. The second-order valence-corrected chi connectivity index (χ2v) is 7.75. The Labute approximate surface area is 189 Å². The highest BCUT2D eigenvalue weighted by atomic mass is 35.5. The highest BCUT2D eigenvalue weighted by Gasteiger charge is 2.11. The van der Waals surface area contributed by atoms with Crippen LogP contribution in [0.2, 0.25) is 5.02 Å². The number of ether oxygens (including phenoxy) is 1. The summed E-state index contributed by atoms with van der Waals surface area (Å²) in [5.41, 5.74) is 2.17. The largest absolute Gasteiger partial charge is 0.484 e.